The van der Waals surface area contributed by atoms with E-state index in [1.807, 2.05) is 0 Å². The Morgan fingerprint density at radius 2 is 0.531 bits per heavy atom. The molecule has 12 aromatic carbocycles. The highest BCUT2D eigenvalue weighted by Gasteiger charge is 2.21. The van der Waals surface area contributed by atoms with Crippen LogP contribution in [0.2, 0.25) is 1.41 Å². The second kappa shape index (κ2) is 20.3. The maximum Gasteiger partial charge on any atom is 0.167 e. The van der Waals surface area contributed by atoms with E-state index in [2.05, 4.69) is 321 Å². The Morgan fingerprint density at radius 1 is 0.247 bits per heavy atom. The molecule has 0 fully saturated rings. The van der Waals surface area contributed by atoms with Crippen LogP contribution in [-0.4, -0.2) is 13.7 Å². The van der Waals surface area contributed by atoms with E-state index < -0.39 is 0 Å². The number of anilines is 8. The number of nitrogens with zero attached hydrogens (tertiary/aromatic N) is 5. The van der Waals surface area contributed by atoms with E-state index in [0.717, 1.165) is 76.0 Å². The van der Waals surface area contributed by atoms with Gasteiger partial charge in [0.05, 0.1) is 0 Å². The number of rotatable bonds is 14. The Morgan fingerprint density at radius 3 is 0.938 bits per heavy atom. The maximum absolute atomic E-state index is 9.62. The summed E-state index contributed by atoms with van der Waals surface area (Å²) in [4.78, 5) is 4.71. The lowest BCUT2D eigenvalue weighted by molar-refractivity contribution is 0.869. The summed E-state index contributed by atoms with van der Waals surface area (Å²) in [5, 5.41) is 8.71. The molecule has 0 amide bonds. The van der Waals surface area contributed by atoms with E-state index in [0.29, 0.717) is 0 Å². The lowest BCUT2D eigenvalue weighted by Crippen LogP contribution is -2.12. The summed E-state index contributed by atoms with van der Waals surface area (Å²) < 4.78 is 16.9. The number of benzene rings is 12. The minimum atomic E-state index is 0.766. The first kappa shape index (κ1) is 46.5. The molecule has 0 saturated heterocycles. The van der Waals surface area contributed by atoms with E-state index in [4.69, 9.17) is 0 Å². The molecular weight excluding hydrogens is 985 g/mol. The van der Waals surface area contributed by atoms with Gasteiger partial charge in [-0.1, -0.05) is 164 Å². The van der Waals surface area contributed by atoms with Crippen molar-refractivity contribution in [1.82, 2.24) is 13.7 Å². The number of aromatic nitrogens is 3. The Hall–Kier alpha value is -10.6. The predicted octanol–water partition coefficient (Wildman–Crippen LogP) is 19.8. The lowest BCUT2D eigenvalue weighted by atomic mass is 10.1. The molecule has 1 N–H and O–H groups in total. The van der Waals surface area contributed by atoms with Crippen molar-refractivity contribution in [3.05, 3.63) is 314 Å². The van der Waals surface area contributed by atoms with Gasteiger partial charge in [0, 0.05) is 131 Å². The summed E-state index contributed by atoms with van der Waals surface area (Å²) in [6, 6.07) is 106. The summed E-state index contributed by atoms with van der Waals surface area (Å²) in [6.07, 6.45) is 0. The van der Waals surface area contributed by atoms with Crippen LogP contribution >= 0.6 is 0 Å². The SMILES string of the molecule is [2H]N(c1ccc(N(c2ccc(N(c3ccccc3)c3ccc4c(c3)c3ccccc3n4Cc3ccccc3)cc2)c2ccc3c(c2)c2ccccc2n3Cc2ccccc2)cc1)c1ccc2c(c1)c1ccccc1n2Cc1ccccc1. The molecule has 6 heteroatoms. The van der Waals surface area contributed by atoms with Crippen molar-refractivity contribution in [3.8, 4) is 0 Å². The van der Waals surface area contributed by atoms with Crippen molar-refractivity contribution in [2.75, 3.05) is 15.1 Å². The van der Waals surface area contributed by atoms with Crippen LogP contribution < -0.4 is 15.1 Å². The molecule has 15 aromatic rings. The van der Waals surface area contributed by atoms with Gasteiger partial charge in [0.25, 0.3) is 0 Å². The highest BCUT2D eigenvalue weighted by atomic mass is 15.2. The third kappa shape index (κ3) is 8.80. The van der Waals surface area contributed by atoms with Crippen molar-refractivity contribution in [2.24, 2.45) is 0 Å². The van der Waals surface area contributed by atoms with Gasteiger partial charge < -0.3 is 28.8 Å². The Bertz CT molecular complexity index is 4780. The number of nitrogens with one attached hydrogen (secondary N) is 1. The van der Waals surface area contributed by atoms with Gasteiger partial charge in [-0.3, -0.25) is 0 Å². The summed E-state index contributed by atoms with van der Waals surface area (Å²) in [5.41, 5.74) is 18.7. The van der Waals surface area contributed by atoms with E-state index in [1.54, 1.807) is 5.31 Å². The van der Waals surface area contributed by atoms with E-state index in [-0.39, 0.29) is 0 Å². The van der Waals surface area contributed by atoms with Crippen molar-refractivity contribution < 1.29 is 1.41 Å². The van der Waals surface area contributed by atoms with Crippen LogP contribution in [0.25, 0.3) is 65.4 Å². The smallest absolute Gasteiger partial charge is 0.167 e. The molecule has 0 aliphatic heterocycles. The number of para-hydroxylation sites is 4. The summed E-state index contributed by atoms with van der Waals surface area (Å²) >= 11 is 0. The topological polar surface area (TPSA) is 33.3 Å². The van der Waals surface area contributed by atoms with Gasteiger partial charge in [0.2, 0.25) is 0 Å². The molecule has 0 spiro atoms. The normalized spacial score (nSPS) is 11.8. The second-order valence-corrected chi connectivity index (χ2v) is 21.0. The molecule has 0 atom stereocenters. The molecule has 0 aliphatic rings. The molecule has 81 heavy (non-hydrogen) atoms. The highest BCUT2D eigenvalue weighted by molar-refractivity contribution is 6.12. The molecule has 0 radical (unpaired) electrons. The first-order chi connectivity index (χ1) is 40.6. The first-order valence-electron chi connectivity index (χ1n) is 28.3. The average Bonchev–Trinajstić information content (AvgIpc) is 4.34. The van der Waals surface area contributed by atoms with E-state index in [9.17, 15) is 1.41 Å². The average molecular weight is 1040 g/mol. The lowest BCUT2D eigenvalue weighted by Gasteiger charge is -2.28. The standard InChI is InChI=1S/C75H56N6/c1-5-19-53(20-6-1)50-77-70-30-16-13-27-64(70)67-47-57(35-44-73(67)77)76-56-33-36-59(37-34-56)81(63-43-46-75-69(49-63)66-29-15-18-32-72(66)79(75)52-55-23-9-3-10-24-55)61-40-38-60(39-41-61)80(58-25-11-4-12-26-58)62-42-45-74-68(48-62)65-28-14-17-31-71(65)78(74)51-54-21-7-2-8-22-54/h1-49,76H,50-52H2/i/hD. The Labute approximate surface area is 472 Å². The third-order valence-corrected chi connectivity index (χ3v) is 16.1. The number of hydrogen-bond donors (Lipinski definition) is 1. The summed E-state index contributed by atoms with van der Waals surface area (Å²) in [6.45, 7) is 2.32. The molecular formula is C75H56N6. The van der Waals surface area contributed by atoms with Crippen LogP contribution in [0.5, 0.6) is 0 Å². The molecule has 3 aromatic heterocycles. The monoisotopic (exact) mass is 1040 g/mol. The minimum Gasteiger partial charge on any atom is -0.356 e. The largest absolute Gasteiger partial charge is 0.356 e. The predicted molar refractivity (Wildman–Crippen MR) is 341 cm³/mol. The molecule has 0 saturated carbocycles. The zero-order valence-corrected chi connectivity index (χ0v) is 44.6. The molecule has 15 rings (SSSR count). The fourth-order valence-electron chi connectivity index (χ4n) is 12.3. The molecule has 6 nitrogen and oxygen atoms in total. The van der Waals surface area contributed by atoms with Crippen LogP contribution in [0.15, 0.2) is 297 Å². The molecule has 0 bridgehead atoms. The van der Waals surface area contributed by atoms with Crippen molar-refractivity contribution >= 4 is 111 Å². The van der Waals surface area contributed by atoms with Crippen LogP contribution in [-0.2, 0) is 19.6 Å². The first-order valence-corrected chi connectivity index (χ1v) is 27.9. The van der Waals surface area contributed by atoms with Crippen molar-refractivity contribution in [3.63, 3.8) is 0 Å². The van der Waals surface area contributed by atoms with Crippen LogP contribution in [0, 0.1) is 0 Å². The Kier molecular flexibility index (Phi) is 11.7. The van der Waals surface area contributed by atoms with Gasteiger partial charge in [-0.15, -0.1) is 0 Å². The number of hydrogen-bond acceptors (Lipinski definition) is 3. The molecule has 0 aliphatic carbocycles. The van der Waals surface area contributed by atoms with Crippen LogP contribution in [0.3, 0.4) is 0 Å². The van der Waals surface area contributed by atoms with E-state index in [1.165, 1.54) is 71.2 Å². The zero-order chi connectivity index (χ0) is 54.5. The maximum atomic E-state index is 9.62. The van der Waals surface area contributed by atoms with Crippen LogP contribution in [0.1, 0.15) is 16.7 Å². The van der Waals surface area contributed by atoms with Crippen LogP contribution in [0.4, 0.5) is 45.5 Å². The fourth-order valence-corrected chi connectivity index (χ4v) is 12.3. The second-order valence-electron chi connectivity index (χ2n) is 21.0. The highest BCUT2D eigenvalue weighted by Crippen LogP contribution is 2.44. The Balaban J connectivity index is 0.823. The zero-order valence-electron chi connectivity index (χ0n) is 45.6. The molecule has 386 valence electrons. The van der Waals surface area contributed by atoms with Gasteiger partial charge in [-0.2, -0.15) is 0 Å². The van der Waals surface area contributed by atoms with Crippen molar-refractivity contribution in [1.29, 1.82) is 0 Å². The van der Waals surface area contributed by atoms with Gasteiger partial charge in [0.15, 0.2) is 1.41 Å². The van der Waals surface area contributed by atoms with Gasteiger partial charge >= 0.3 is 0 Å². The van der Waals surface area contributed by atoms with E-state index >= 15 is 0 Å². The summed E-state index contributed by atoms with van der Waals surface area (Å²) in [7, 11) is 0. The summed E-state index contributed by atoms with van der Waals surface area (Å²) in [5.74, 6) is 0. The molecule has 3 heterocycles. The molecule has 0 unspecified atom stereocenters. The minimum absolute atomic E-state index is 0.766. The fraction of sp³-hybridized carbons (Fsp3) is 0.0400. The van der Waals surface area contributed by atoms with Gasteiger partial charge in [-0.25, -0.2) is 0 Å². The van der Waals surface area contributed by atoms with Gasteiger partial charge in [0.1, 0.15) is 0 Å². The van der Waals surface area contributed by atoms with Gasteiger partial charge in [-0.05, 0) is 150 Å². The third-order valence-electron chi connectivity index (χ3n) is 16.1. The van der Waals surface area contributed by atoms with Crippen molar-refractivity contribution in [2.45, 2.75) is 19.6 Å². The quantitative estimate of drug-likeness (QED) is 0.118. The number of fused-ring (bicyclic) bond motifs is 9.